The van der Waals surface area contributed by atoms with E-state index in [-0.39, 0.29) is 10.0 Å². The highest BCUT2D eigenvalue weighted by Gasteiger charge is 1.95. The first kappa shape index (κ1) is 6.57. The Morgan fingerprint density at radius 1 is 1.33 bits per heavy atom. The lowest BCUT2D eigenvalue weighted by atomic mass is 11.8. The van der Waals surface area contributed by atoms with Crippen LogP contribution in [0, 0.1) is 0 Å². The molecule has 40 valence electrons. The van der Waals surface area contributed by atoms with Gasteiger partial charge in [0.25, 0.3) is 0 Å². The van der Waals surface area contributed by atoms with E-state index in [4.69, 9.17) is 0 Å². The molecule has 0 rings (SSSR count). The first-order chi connectivity index (χ1) is 2.56. The van der Waals surface area contributed by atoms with Crippen LogP contribution in [0.3, 0.4) is 0 Å². The Morgan fingerprint density at radius 3 is 1.50 bits per heavy atom. The summed E-state index contributed by atoms with van der Waals surface area (Å²) in [7, 11) is 1.28. The second kappa shape index (κ2) is 2.03. The molecule has 0 heterocycles. The third kappa shape index (κ3) is 4.57. The second-order valence-electron chi connectivity index (χ2n) is 2.38. The van der Waals surface area contributed by atoms with E-state index in [1.165, 1.54) is 15.6 Å². The largest absolute Gasteiger partial charge is 0.253 e. The monoisotopic (exact) mass is 122 g/mol. The first-order valence-corrected chi connectivity index (χ1v) is 6.66. The predicted octanol–water partition coefficient (Wildman–Crippen LogP) is 0.00330. The van der Waals surface area contributed by atoms with Crippen molar-refractivity contribution in [1.29, 1.82) is 0 Å². The molecule has 0 atom stereocenters. The quantitative estimate of drug-likeness (QED) is 0.430. The highest BCUT2D eigenvalue weighted by Crippen LogP contribution is 2.31. The topological polar surface area (TPSA) is 0 Å². The fourth-order valence-electron chi connectivity index (χ4n) is 0. The van der Waals surface area contributed by atoms with Gasteiger partial charge in [-0.2, -0.15) is 0 Å². The fraction of sp³-hybridized carbons (Fsp3) is 1.00. The smallest absolute Gasteiger partial charge is 0.0133 e. The van der Waals surface area contributed by atoms with Crippen LogP contribution in [0.2, 0.25) is 0 Å². The van der Waals surface area contributed by atoms with Crippen molar-refractivity contribution >= 4 is 20.3 Å². The van der Waals surface area contributed by atoms with Gasteiger partial charge in [0.15, 0.2) is 0 Å². The summed E-state index contributed by atoms with van der Waals surface area (Å²) in [6.07, 6.45) is 7.08. The van der Waals surface area contributed by atoms with Gasteiger partial charge < -0.3 is 0 Å². The molecule has 0 N–H and O–H groups in total. The van der Waals surface area contributed by atoms with Gasteiger partial charge in [0.1, 0.15) is 0 Å². The molecular formula is C4H14SSi. The maximum atomic E-state index is 2.36. The molecule has 0 unspecified atom stereocenters. The summed E-state index contributed by atoms with van der Waals surface area (Å²) in [5.74, 6) is 0. The molecule has 0 aliphatic heterocycles. The van der Waals surface area contributed by atoms with Crippen LogP contribution in [0.1, 0.15) is 0 Å². The molecular weight excluding hydrogens is 108 g/mol. The van der Waals surface area contributed by atoms with Gasteiger partial charge in [-0.25, -0.2) is 0 Å². The molecule has 0 saturated carbocycles. The first-order valence-electron chi connectivity index (χ1n) is 2.22. The van der Waals surface area contributed by atoms with Gasteiger partial charge in [0.05, 0.1) is 0 Å². The van der Waals surface area contributed by atoms with Crippen LogP contribution in [-0.2, 0) is 0 Å². The molecule has 2 heteroatoms. The molecule has 0 radical (unpaired) electrons. The maximum Gasteiger partial charge on any atom is 0.0133 e. The van der Waals surface area contributed by atoms with Crippen LogP contribution in [-0.4, -0.2) is 34.4 Å². The highest BCUT2D eigenvalue weighted by molar-refractivity contribution is 8.32. The van der Waals surface area contributed by atoms with Gasteiger partial charge in [-0.15, -0.1) is 0 Å². The molecule has 0 saturated heterocycles. The van der Waals surface area contributed by atoms with Crippen LogP contribution >= 0.6 is 10.0 Å². The molecule has 0 amide bonds. The summed E-state index contributed by atoms with van der Waals surface area (Å²) in [6.45, 7) is 0. The Balaban J connectivity index is 3.17. The van der Waals surface area contributed by atoms with Gasteiger partial charge >= 0.3 is 0 Å². The van der Waals surface area contributed by atoms with Gasteiger partial charge in [-0.3, -0.25) is 10.0 Å². The molecule has 0 aliphatic carbocycles. The minimum Gasteiger partial charge on any atom is -0.253 e. The maximum absolute atomic E-state index is 2.36. The van der Waals surface area contributed by atoms with Crippen LogP contribution < -0.4 is 0 Å². The zero-order valence-corrected chi connectivity index (χ0v) is 7.93. The molecule has 0 aliphatic rings. The van der Waals surface area contributed by atoms with E-state index < -0.39 is 0 Å². The molecule has 0 aromatic heterocycles. The van der Waals surface area contributed by atoms with Crippen molar-refractivity contribution in [2.75, 3.05) is 24.1 Å². The number of hydrogen-bond donors (Lipinski definition) is 0. The Kier molecular flexibility index (Phi) is 2.22. The molecule has 0 fully saturated rings. The molecule has 0 aromatic carbocycles. The van der Waals surface area contributed by atoms with Crippen molar-refractivity contribution in [3.63, 3.8) is 0 Å². The van der Waals surface area contributed by atoms with Crippen molar-refractivity contribution < 1.29 is 0 Å². The lowest BCUT2D eigenvalue weighted by Gasteiger charge is -2.21. The fourth-order valence-corrected chi connectivity index (χ4v) is 0. The van der Waals surface area contributed by atoms with E-state index in [2.05, 4.69) is 18.8 Å². The van der Waals surface area contributed by atoms with Gasteiger partial charge in [-0.1, -0.05) is 0 Å². The summed E-state index contributed by atoms with van der Waals surface area (Å²) < 4.78 is 0. The van der Waals surface area contributed by atoms with Gasteiger partial charge in [0.2, 0.25) is 0 Å². The van der Waals surface area contributed by atoms with Crippen LogP contribution in [0.15, 0.2) is 0 Å². The molecule has 6 heavy (non-hydrogen) atoms. The molecule has 0 spiro atoms. The van der Waals surface area contributed by atoms with Gasteiger partial charge in [-0.05, 0) is 24.1 Å². The predicted molar refractivity (Wildman–Crippen MR) is 40.2 cm³/mol. The van der Waals surface area contributed by atoms with E-state index >= 15 is 0 Å². The van der Waals surface area contributed by atoms with Gasteiger partial charge in [0, 0.05) is 10.2 Å². The second-order valence-corrected chi connectivity index (χ2v) is 8.87. The third-order valence-electron chi connectivity index (χ3n) is 0.866. The molecule has 0 aromatic rings. The molecule has 0 nitrogen and oxygen atoms in total. The van der Waals surface area contributed by atoms with E-state index in [0.29, 0.717) is 0 Å². The number of hydrogen-bond acceptors (Lipinski definition) is 0. The number of rotatable bonds is 1. The van der Waals surface area contributed by atoms with Crippen LogP contribution in [0.25, 0.3) is 0 Å². The average Bonchev–Trinajstić information content (AvgIpc) is 1.35. The Labute approximate surface area is 45.1 Å². The highest BCUT2D eigenvalue weighted by atomic mass is 32.3. The van der Waals surface area contributed by atoms with Crippen molar-refractivity contribution in [1.82, 2.24) is 0 Å². The van der Waals surface area contributed by atoms with E-state index in [1.54, 1.807) is 0 Å². The van der Waals surface area contributed by atoms with Crippen molar-refractivity contribution in [3.05, 3.63) is 0 Å². The van der Waals surface area contributed by atoms with Crippen LogP contribution in [0.5, 0.6) is 0 Å². The minimum atomic E-state index is -0.100. The minimum absolute atomic E-state index is 0.100. The third-order valence-corrected chi connectivity index (χ3v) is 7.79. The SMILES string of the molecule is CS(C)(C)C[SiH3]. The van der Waals surface area contributed by atoms with E-state index in [9.17, 15) is 0 Å². The summed E-state index contributed by atoms with van der Waals surface area (Å²) in [6, 6.07) is 0. The van der Waals surface area contributed by atoms with Crippen LogP contribution in [0.4, 0.5) is 0 Å². The Bertz CT molecular complexity index is 37.3. The zero-order valence-electron chi connectivity index (χ0n) is 5.12. The van der Waals surface area contributed by atoms with Crippen molar-refractivity contribution in [2.24, 2.45) is 0 Å². The average molecular weight is 122 g/mol. The summed E-state index contributed by atoms with van der Waals surface area (Å²) in [4.78, 5) is 0. The summed E-state index contributed by atoms with van der Waals surface area (Å²) in [5.41, 5.74) is 0. The van der Waals surface area contributed by atoms with E-state index in [0.717, 1.165) is 0 Å². The zero-order chi connectivity index (χ0) is 5.21. The lowest BCUT2D eigenvalue weighted by Crippen LogP contribution is -1.96. The van der Waals surface area contributed by atoms with E-state index in [1.807, 2.05) is 0 Å². The molecule has 0 bridgehead atoms. The van der Waals surface area contributed by atoms with Crippen molar-refractivity contribution in [3.8, 4) is 0 Å². The standard InChI is InChI=1S/C4H14SSi/c1-5(2,3)4-6/h4H2,1-3,6H3. The summed E-state index contributed by atoms with van der Waals surface area (Å²) in [5, 5.41) is 1.49. The Hall–Kier alpha value is 0.567. The van der Waals surface area contributed by atoms with Crippen molar-refractivity contribution in [2.45, 2.75) is 0 Å². The summed E-state index contributed by atoms with van der Waals surface area (Å²) >= 11 is 0. The lowest BCUT2D eigenvalue weighted by molar-refractivity contribution is 1.96. The normalized spacial score (nSPS) is 15.2. The Morgan fingerprint density at radius 2 is 1.50 bits per heavy atom.